The third-order valence-corrected chi connectivity index (χ3v) is 3.00. The molecule has 86 valence electrons. The zero-order valence-corrected chi connectivity index (χ0v) is 9.71. The molecule has 0 bridgehead atoms. The van der Waals surface area contributed by atoms with Crippen molar-refractivity contribution in [2.75, 3.05) is 5.32 Å². The number of hydrogen-bond donors (Lipinski definition) is 2. The molecule has 4 nitrogen and oxygen atoms in total. The smallest absolute Gasteiger partial charge is 0.320 e. The Hall–Kier alpha value is -1.58. The van der Waals surface area contributed by atoms with Gasteiger partial charge in [0.25, 0.3) is 0 Å². The molecule has 2 rings (SSSR count). The molecule has 1 aromatic heterocycles. The van der Waals surface area contributed by atoms with Crippen molar-refractivity contribution in [3.63, 3.8) is 0 Å². The fraction of sp³-hybridized carbons (Fsp3) is 0.500. The average Bonchev–Trinajstić information content (AvgIpc) is 2.15. The lowest BCUT2D eigenvalue weighted by atomic mass is 9.79. The molecule has 0 aromatic carbocycles. The van der Waals surface area contributed by atoms with Crippen LogP contribution in [-0.2, 0) is 0 Å². The Morgan fingerprint density at radius 2 is 2.19 bits per heavy atom. The van der Waals surface area contributed by atoms with E-state index in [-0.39, 0.29) is 11.6 Å². The first kappa shape index (κ1) is 10.9. The number of aryl methyl sites for hydroxylation is 1. The summed E-state index contributed by atoms with van der Waals surface area (Å²) in [6.07, 6.45) is 3.31. The van der Waals surface area contributed by atoms with Gasteiger partial charge in [-0.25, -0.2) is 9.78 Å². The number of hydrogen-bond acceptors (Lipinski definition) is 2. The van der Waals surface area contributed by atoms with Crippen LogP contribution in [0.15, 0.2) is 18.2 Å². The highest BCUT2D eigenvalue weighted by Crippen LogP contribution is 2.30. The number of nitrogens with one attached hydrogen (secondary N) is 2. The maximum Gasteiger partial charge on any atom is 0.320 e. The first-order valence-corrected chi connectivity index (χ1v) is 5.60. The van der Waals surface area contributed by atoms with Crippen LogP contribution >= 0.6 is 0 Å². The maximum atomic E-state index is 11.7. The van der Waals surface area contributed by atoms with Gasteiger partial charge in [0.15, 0.2) is 0 Å². The Bertz CT molecular complexity index is 399. The van der Waals surface area contributed by atoms with Crippen LogP contribution in [0.25, 0.3) is 0 Å². The van der Waals surface area contributed by atoms with Crippen LogP contribution in [0.2, 0.25) is 0 Å². The molecule has 2 amide bonds. The highest BCUT2D eigenvalue weighted by atomic mass is 16.2. The van der Waals surface area contributed by atoms with E-state index in [2.05, 4.69) is 22.5 Å². The summed E-state index contributed by atoms with van der Waals surface area (Å²) in [5, 5.41) is 5.72. The van der Waals surface area contributed by atoms with Gasteiger partial charge in [0.2, 0.25) is 0 Å². The number of urea groups is 1. The number of amides is 2. The van der Waals surface area contributed by atoms with Gasteiger partial charge in [-0.15, -0.1) is 0 Å². The van der Waals surface area contributed by atoms with Gasteiger partial charge in [0.1, 0.15) is 5.82 Å². The SMILES string of the molecule is Cc1cccc(NC(=O)NC2(C)CCC2)n1. The number of pyridine rings is 1. The van der Waals surface area contributed by atoms with Crippen LogP contribution in [0.5, 0.6) is 0 Å². The molecule has 1 aliphatic rings. The first-order valence-electron chi connectivity index (χ1n) is 5.60. The molecule has 0 atom stereocenters. The predicted molar refractivity (Wildman–Crippen MR) is 63.4 cm³/mol. The van der Waals surface area contributed by atoms with E-state index in [1.54, 1.807) is 6.07 Å². The second kappa shape index (κ2) is 4.12. The summed E-state index contributed by atoms with van der Waals surface area (Å²) in [6, 6.07) is 5.40. The molecule has 1 heterocycles. The third kappa shape index (κ3) is 2.51. The average molecular weight is 219 g/mol. The van der Waals surface area contributed by atoms with Gasteiger partial charge >= 0.3 is 6.03 Å². The van der Waals surface area contributed by atoms with Crippen molar-refractivity contribution in [1.29, 1.82) is 0 Å². The van der Waals surface area contributed by atoms with Crippen molar-refractivity contribution in [2.24, 2.45) is 0 Å². The lowest BCUT2D eigenvalue weighted by Crippen LogP contribution is -2.52. The summed E-state index contributed by atoms with van der Waals surface area (Å²) in [5.74, 6) is 0.598. The van der Waals surface area contributed by atoms with Crippen LogP contribution in [0.1, 0.15) is 31.9 Å². The fourth-order valence-corrected chi connectivity index (χ4v) is 1.87. The minimum Gasteiger partial charge on any atom is -0.333 e. The number of rotatable bonds is 2. The van der Waals surface area contributed by atoms with Gasteiger partial charge in [0, 0.05) is 11.2 Å². The number of nitrogens with zero attached hydrogens (tertiary/aromatic N) is 1. The molecule has 0 saturated heterocycles. The minimum atomic E-state index is -0.166. The zero-order chi connectivity index (χ0) is 11.6. The van der Waals surface area contributed by atoms with Crippen molar-refractivity contribution >= 4 is 11.8 Å². The van der Waals surface area contributed by atoms with Crippen molar-refractivity contribution < 1.29 is 4.79 Å². The summed E-state index contributed by atoms with van der Waals surface area (Å²) in [7, 11) is 0. The molecule has 0 unspecified atom stereocenters. The summed E-state index contributed by atoms with van der Waals surface area (Å²) in [6.45, 7) is 3.97. The van der Waals surface area contributed by atoms with Gasteiger partial charge < -0.3 is 5.32 Å². The van der Waals surface area contributed by atoms with Crippen LogP contribution < -0.4 is 10.6 Å². The molecule has 4 heteroatoms. The summed E-state index contributed by atoms with van der Waals surface area (Å²) >= 11 is 0. The number of carbonyl (C=O) groups is 1. The highest BCUT2D eigenvalue weighted by Gasteiger charge is 2.33. The Labute approximate surface area is 95.5 Å². The van der Waals surface area contributed by atoms with Gasteiger partial charge in [-0.1, -0.05) is 6.07 Å². The van der Waals surface area contributed by atoms with Crippen LogP contribution in [0, 0.1) is 6.92 Å². The van der Waals surface area contributed by atoms with Crippen molar-refractivity contribution in [3.8, 4) is 0 Å². The normalized spacial score (nSPS) is 17.4. The van der Waals surface area contributed by atoms with E-state index in [1.807, 2.05) is 19.1 Å². The number of aromatic nitrogens is 1. The Morgan fingerprint density at radius 3 is 2.75 bits per heavy atom. The summed E-state index contributed by atoms with van der Waals surface area (Å²) in [5.41, 5.74) is 0.876. The molecule has 1 aliphatic carbocycles. The van der Waals surface area contributed by atoms with E-state index in [0.717, 1.165) is 18.5 Å². The van der Waals surface area contributed by atoms with E-state index in [1.165, 1.54) is 6.42 Å². The van der Waals surface area contributed by atoms with Gasteiger partial charge in [-0.05, 0) is 45.2 Å². The molecule has 0 radical (unpaired) electrons. The first-order chi connectivity index (χ1) is 7.57. The quantitative estimate of drug-likeness (QED) is 0.802. The summed E-state index contributed by atoms with van der Waals surface area (Å²) < 4.78 is 0. The van der Waals surface area contributed by atoms with E-state index in [0.29, 0.717) is 5.82 Å². The lowest BCUT2D eigenvalue weighted by molar-refractivity contribution is 0.200. The zero-order valence-electron chi connectivity index (χ0n) is 9.71. The van der Waals surface area contributed by atoms with Gasteiger partial charge in [-0.2, -0.15) is 0 Å². The molecule has 0 aliphatic heterocycles. The van der Waals surface area contributed by atoms with Gasteiger partial charge in [-0.3, -0.25) is 5.32 Å². The molecular formula is C12H17N3O. The van der Waals surface area contributed by atoms with E-state index < -0.39 is 0 Å². The molecular weight excluding hydrogens is 202 g/mol. The topological polar surface area (TPSA) is 54.0 Å². The van der Waals surface area contributed by atoms with E-state index >= 15 is 0 Å². The summed E-state index contributed by atoms with van der Waals surface area (Å²) in [4.78, 5) is 15.9. The van der Waals surface area contributed by atoms with E-state index in [9.17, 15) is 4.79 Å². The monoisotopic (exact) mass is 219 g/mol. The van der Waals surface area contributed by atoms with Crippen molar-refractivity contribution in [2.45, 2.75) is 38.6 Å². The van der Waals surface area contributed by atoms with Crippen molar-refractivity contribution in [3.05, 3.63) is 23.9 Å². The van der Waals surface area contributed by atoms with Crippen molar-refractivity contribution in [1.82, 2.24) is 10.3 Å². The molecule has 16 heavy (non-hydrogen) atoms. The van der Waals surface area contributed by atoms with Crippen LogP contribution in [0.3, 0.4) is 0 Å². The Morgan fingerprint density at radius 1 is 1.44 bits per heavy atom. The molecule has 1 fully saturated rings. The van der Waals surface area contributed by atoms with Crippen LogP contribution in [0.4, 0.5) is 10.6 Å². The largest absolute Gasteiger partial charge is 0.333 e. The maximum absolute atomic E-state index is 11.7. The molecule has 1 saturated carbocycles. The Balaban J connectivity index is 1.92. The second-order valence-corrected chi connectivity index (χ2v) is 4.66. The number of anilines is 1. The lowest BCUT2D eigenvalue weighted by Gasteiger charge is -2.38. The van der Waals surface area contributed by atoms with Crippen LogP contribution in [-0.4, -0.2) is 16.6 Å². The minimum absolute atomic E-state index is 0.0199. The molecule has 0 spiro atoms. The fourth-order valence-electron chi connectivity index (χ4n) is 1.87. The third-order valence-electron chi connectivity index (χ3n) is 3.00. The second-order valence-electron chi connectivity index (χ2n) is 4.66. The van der Waals surface area contributed by atoms with E-state index in [4.69, 9.17) is 0 Å². The highest BCUT2D eigenvalue weighted by molar-refractivity contribution is 5.88. The number of carbonyl (C=O) groups excluding carboxylic acids is 1. The predicted octanol–water partition coefficient (Wildman–Crippen LogP) is 2.45. The standard InChI is InChI=1S/C12H17N3O/c1-9-5-3-6-10(13-9)14-11(16)15-12(2)7-4-8-12/h3,5-6H,4,7-8H2,1-2H3,(H2,13,14,15,16). The molecule has 1 aromatic rings. The molecule has 2 N–H and O–H groups in total. The Kier molecular flexibility index (Phi) is 2.81. The van der Waals surface area contributed by atoms with Gasteiger partial charge in [0.05, 0.1) is 0 Å².